The second-order valence-corrected chi connectivity index (χ2v) is 15.1. The van der Waals surface area contributed by atoms with Gasteiger partial charge in [-0.05, 0) is 67.6 Å². The van der Waals surface area contributed by atoms with Crippen molar-refractivity contribution in [3.8, 4) is 0 Å². The number of hydrogen-bond donors (Lipinski definition) is 0. The number of fused-ring (bicyclic) bond motifs is 1. The molecular weight excluding hydrogens is 441 g/mol. The first-order chi connectivity index (χ1) is 13.1. The SMILES string of the molecule is CN(C)CCCCC(=O)c1nn(COCC[Si](C)(C)C)c2c(F)c(Br)ccc12. The molecule has 8 heteroatoms. The van der Waals surface area contributed by atoms with Crippen molar-refractivity contribution < 1.29 is 13.9 Å². The van der Waals surface area contributed by atoms with E-state index >= 15 is 0 Å². The van der Waals surface area contributed by atoms with E-state index in [1.54, 1.807) is 12.1 Å². The van der Waals surface area contributed by atoms with E-state index in [0.717, 1.165) is 25.4 Å². The summed E-state index contributed by atoms with van der Waals surface area (Å²) in [5.41, 5.74) is 0.652. The van der Waals surface area contributed by atoms with Gasteiger partial charge in [-0.15, -0.1) is 0 Å². The summed E-state index contributed by atoms with van der Waals surface area (Å²) in [4.78, 5) is 14.8. The Kier molecular flexibility index (Phi) is 8.36. The van der Waals surface area contributed by atoms with Crippen LogP contribution in [0, 0.1) is 5.82 Å². The van der Waals surface area contributed by atoms with Crippen molar-refractivity contribution in [2.45, 2.75) is 51.7 Å². The molecule has 2 rings (SSSR count). The Bertz CT molecular complexity index is 818. The average molecular weight is 472 g/mol. The lowest BCUT2D eigenvalue weighted by molar-refractivity contribution is 0.0803. The number of halogens is 2. The molecule has 0 aliphatic heterocycles. The smallest absolute Gasteiger partial charge is 0.183 e. The first kappa shape index (κ1) is 23.2. The number of nitrogens with zero attached hydrogens (tertiary/aromatic N) is 3. The third-order valence-corrected chi connectivity index (χ3v) is 6.85. The lowest BCUT2D eigenvalue weighted by Crippen LogP contribution is -2.22. The quantitative estimate of drug-likeness (QED) is 0.257. The van der Waals surface area contributed by atoms with Crippen LogP contribution in [0.1, 0.15) is 29.8 Å². The van der Waals surface area contributed by atoms with Crippen molar-refractivity contribution in [1.29, 1.82) is 0 Å². The lowest BCUT2D eigenvalue weighted by Gasteiger charge is -2.15. The van der Waals surface area contributed by atoms with Crippen LogP contribution in [0.3, 0.4) is 0 Å². The van der Waals surface area contributed by atoms with Crippen molar-refractivity contribution in [2.24, 2.45) is 0 Å². The Morgan fingerprint density at radius 2 is 2.00 bits per heavy atom. The van der Waals surface area contributed by atoms with E-state index in [-0.39, 0.29) is 12.5 Å². The second kappa shape index (κ2) is 10.1. The fourth-order valence-corrected chi connectivity index (χ4v) is 3.95. The zero-order valence-electron chi connectivity index (χ0n) is 17.5. The summed E-state index contributed by atoms with van der Waals surface area (Å²) in [6.45, 7) is 8.54. The van der Waals surface area contributed by atoms with E-state index in [9.17, 15) is 9.18 Å². The van der Waals surface area contributed by atoms with E-state index < -0.39 is 13.9 Å². The fourth-order valence-electron chi connectivity index (χ4n) is 2.87. The minimum Gasteiger partial charge on any atom is -0.360 e. The number of aromatic nitrogens is 2. The zero-order valence-corrected chi connectivity index (χ0v) is 20.1. The minimum absolute atomic E-state index is 0.0497. The number of benzene rings is 1. The van der Waals surface area contributed by atoms with Crippen LogP contribution >= 0.6 is 15.9 Å². The predicted octanol–water partition coefficient (Wildman–Crippen LogP) is 5.16. The van der Waals surface area contributed by atoms with Crippen molar-refractivity contribution in [3.05, 3.63) is 28.1 Å². The average Bonchev–Trinajstić information content (AvgIpc) is 2.97. The minimum atomic E-state index is -1.20. The van der Waals surface area contributed by atoms with Gasteiger partial charge in [0.15, 0.2) is 11.6 Å². The highest BCUT2D eigenvalue weighted by molar-refractivity contribution is 9.10. The van der Waals surface area contributed by atoms with Crippen molar-refractivity contribution in [2.75, 3.05) is 27.2 Å². The van der Waals surface area contributed by atoms with Gasteiger partial charge in [-0.3, -0.25) is 4.79 Å². The Morgan fingerprint density at radius 3 is 2.64 bits per heavy atom. The van der Waals surface area contributed by atoms with Gasteiger partial charge in [0.05, 0.1) is 4.47 Å². The van der Waals surface area contributed by atoms with Crippen LogP contribution in [-0.4, -0.2) is 55.8 Å². The molecule has 0 atom stereocenters. The molecule has 0 saturated carbocycles. The van der Waals surface area contributed by atoms with Crippen LogP contribution in [0.15, 0.2) is 16.6 Å². The van der Waals surface area contributed by atoms with Crippen LogP contribution < -0.4 is 0 Å². The maximum Gasteiger partial charge on any atom is 0.183 e. The van der Waals surface area contributed by atoms with Crippen LogP contribution in [0.25, 0.3) is 10.9 Å². The van der Waals surface area contributed by atoms with E-state index in [4.69, 9.17) is 4.74 Å². The van der Waals surface area contributed by atoms with Crippen LogP contribution in [0.5, 0.6) is 0 Å². The molecule has 0 spiro atoms. The van der Waals surface area contributed by atoms with Gasteiger partial charge in [0.1, 0.15) is 17.9 Å². The van der Waals surface area contributed by atoms with E-state index in [0.29, 0.717) is 34.1 Å². The van der Waals surface area contributed by atoms with Gasteiger partial charge in [0.25, 0.3) is 0 Å². The number of rotatable bonds is 11. The summed E-state index contributed by atoms with van der Waals surface area (Å²) in [5, 5.41) is 4.97. The molecular formula is C20H31BrFN3O2Si. The number of carbonyl (C=O) groups is 1. The second-order valence-electron chi connectivity index (χ2n) is 8.64. The highest BCUT2D eigenvalue weighted by atomic mass is 79.9. The monoisotopic (exact) mass is 471 g/mol. The summed E-state index contributed by atoms with van der Waals surface area (Å²) in [7, 11) is 2.83. The van der Waals surface area contributed by atoms with Crippen molar-refractivity contribution >= 4 is 40.7 Å². The molecule has 0 aliphatic carbocycles. The van der Waals surface area contributed by atoms with Crippen LogP contribution in [0.4, 0.5) is 4.39 Å². The molecule has 1 aromatic heterocycles. The molecule has 0 radical (unpaired) electrons. The molecule has 0 fully saturated rings. The summed E-state index contributed by atoms with van der Waals surface area (Å²) in [6.07, 6.45) is 2.14. The molecule has 0 N–H and O–H groups in total. The van der Waals surface area contributed by atoms with E-state index in [1.807, 2.05) is 14.1 Å². The Labute approximate surface area is 176 Å². The van der Waals surface area contributed by atoms with Crippen LogP contribution in [-0.2, 0) is 11.5 Å². The summed E-state index contributed by atoms with van der Waals surface area (Å²) in [5.74, 6) is -0.461. The zero-order chi connectivity index (χ0) is 20.9. The lowest BCUT2D eigenvalue weighted by atomic mass is 10.1. The normalized spacial score (nSPS) is 12.3. The number of Topliss-reactive ketones (excluding diaryl/α,β-unsaturated/α-hetero) is 1. The molecule has 0 amide bonds. The first-order valence-corrected chi connectivity index (χ1v) is 14.2. The predicted molar refractivity (Wildman–Crippen MR) is 118 cm³/mol. The molecule has 2 aromatic rings. The molecule has 28 heavy (non-hydrogen) atoms. The van der Waals surface area contributed by atoms with Gasteiger partial charge < -0.3 is 9.64 Å². The number of unbranched alkanes of at least 4 members (excludes halogenated alkanes) is 1. The summed E-state index contributed by atoms with van der Waals surface area (Å²) < 4.78 is 22.3. The van der Waals surface area contributed by atoms with E-state index in [2.05, 4.69) is 45.6 Å². The molecule has 5 nitrogen and oxygen atoms in total. The van der Waals surface area contributed by atoms with Gasteiger partial charge in [0.2, 0.25) is 0 Å². The van der Waals surface area contributed by atoms with E-state index in [1.165, 1.54) is 4.68 Å². The Balaban J connectivity index is 2.17. The van der Waals surface area contributed by atoms with Gasteiger partial charge in [-0.1, -0.05) is 19.6 Å². The molecule has 0 unspecified atom stereocenters. The van der Waals surface area contributed by atoms with Gasteiger partial charge in [-0.25, -0.2) is 9.07 Å². The highest BCUT2D eigenvalue weighted by Gasteiger charge is 2.21. The maximum atomic E-state index is 14.8. The molecule has 1 heterocycles. The Morgan fingerprint density at radius 1 is 1.29 bits per heavy atom. The number of hydrogen-bond acceptors (Lipinski definition) is 4. The van der Waals surface area contributed by atoms with Gasteiger partial charge in [0, 0.05) is 26.5 Å². The maximum absolute atomic E-state index is 14.8. The molecule has 0 bridgehead atoms. The standard InChI is InChI=1S/C20H31BrFN3O2Si/c1-24(2)11-7-6-8-17(26)19-15-9-10-16(21)18(22)20(15)25(23-19)14-27-12-13-28(3,4)5/h9-10H,6-8,11-14H2,1-5H3. The number of carbonyl (C=O) groups excluding carboxylic acids is 1. The topological polar surface area (TPSA) is 47.4 Å². The Hall–Kier alpha value is -1.09. The third-order valence-electron chi connectivity index (χ3n) is 4.54. The summed E-state index contributed by atoms with van der Waals surface area (Å²) >= 11 is 3.23. The van der Waals surface area contributed by atoms with Crippen molar-refractivity contribution in [3.63, 3.8) is 0 Å². The molecule has 0 aliphatic rings. The fraction of sp³-hybridized carbons (Fsp3) is 0.600. The number of ketones is 1. The van der Waals surface area contributed by atoms with Crippen molar-refractivity contribution in [1.82, 2.24) is 14.7 Å². The van der Waals surface area contributed by atoms with Gasteiger partial charge >= 0.3 is 0 Å². The molecule has 0 saturated heterocycles. The van der Waals surface area contributed by atoms with Crippen LogP contribution in [0.2, 0.25) is 25.7 Å². The number of ether oxygens (including phenoxy) is 1. The van der Waals surface area contributed by atoms with Gasteiger partial charge in [-0.2, -0.15) is 5.10 Å². The summed E-state index contributed by atoms with van der Waals surface area (Å²) in [6, 6.07) is 4.40. The molecule has 156 valence electrons. The highest BCUT2D eigenvalue weighted by Crippen LogP contribution is 2.28. The third kappa shape index (κ3) is 6.47. The molecule has 1 aromatic carbocycles. The largest absolute Gasteiger partial charge is 0.360 e. The first-order valence-electron chi connectivity index (χ1n) is 9.70.